The molecule has 3 heterocycles. The zero-order chi connectivity index (χ0) is 26.2. The largest absolute Gasteiger partial charge is 0.341 e. The average Bonchev–Trinajstić information content (AvgIpc) is 3.53. The van der Waals surface area contributed by atoms with Crippen LogP contribution >= 0.6 is 0 Å². The van der Waals surface area contributed by atoms with Crippen molar-refractivity contribution < 1.29 is 14.4 Å². The van der Waals surface area contributed by atoms with Gasteiger partial charge in [0.15, 0.2) is 0 Å². The molecule has 0 bridgehead atoms. The topological polar surface area (TPSA) is 64.2 Å². The Morgan fingerprint density at radius 1 is 0.838 bits per heavy atom. The lowest BCUT2D eigenvalue weighted by Gasteiger charge is -2.43. The molecule has 2 aromatic rings. The summed E-state index contributed by atoms with van der Waals surface area (Å²) in [4.78, 5) is 47.7. The van der Waals surface area contributed by atoms with E-state index in [1.54, 1.807) is 4.90 Å². The Morgan fingerprint density at radius 2 is 1.46 bits per heavy atom. The van der Waals surface area contributed by atoms with Crippen molar-refractivity contribution in [2.45, 2.75) is 57.4 Å². The van der Waals surface area contributed by atoms with Gasteiger partial charge in [0.25, 0.3) is 11.8 Å². The fourth-order valence-corrected chi connectivity index (χ4v) is 5.93. The highest BCUT2D eigenvalue weighted by Crippen LogP contribution is 2.40. The first kappa shape index (κ1) is 25.3. The molecular weight excluding hydrogens is 464 g/mol. The summed E-state index contributed by atoms with van der Waals surface area (Å²) < 4.78 is 0. The second-order valence-corrected chi connectivity index (χ2v) is 11.6. The fraction of sp³-hybridized carbons (Fsp3) is 0.500. The van der Waals surface area contributed by atoms with E-state index in [2.05, 4.69) is 25.7 Å². The van der Waals surface area contributed by atoms with Crippen LogP contribution in [0, 0.1) is 0 Å². The zero-order valence-corrected chi connectivity index (χ0v) is 22.3. The first-order valence-corrected chi connectivity index (χ1v) is 13.5. The second kappa shape index (κ2) is 9.84. The van der Waals surface area contributed by atoms with Crippen molar-refractivity contribution in [3.8, 4) is 0 Å². The van der Waals surface area contributed by atoms with Crippen molar-refractivity contribution in [2.75, 3.05) is 44.3 Å². The summed E-state index contributed by atoms with van der Waals surface area (Å²) >= 11 is 0. The summed E-state index contributed by atoms with van der Waals surface area (Å²) in [6.45, 7) is 9.56. The molecule has 3 saturated heterocycles. The fourth-order valence-electron chi connectivity index (χ4n) is 5.93. The predicted molar refractivity (Wildman–Crippen MR) is 144 cm³/mol. The number of rotatable bonds is 4. The van der Waals surface area contributed by atoms with Crippen molar-refractivity contribution in [3.63, 3.8) is 0 Å². The van der Waals surface area contributed by atoms with Gasteiger partial charge in [-0.3, -0.25) is 14.4 Å². The molecule has 0 atom stereocenters. The summed E-state index contributed by atoms with van der Waals surface area (Å²) in [6.07, 6.45) is 3.15. The molecule has 1 spiro atoms. The van der Waals surface area contributed by atoms with Gasteiger partial charge in [-0.25, -0.2) is 0 Å². The SMILES string of the molecule is CC(C)(C)c1ccc(C(=O)N2CCC3(CC2)C(=O)N(CC(=O)N2CCCC2)CN3c2ccccc2)cc1. The maximum Gasteiger partial charge on any atom is 0.253 e. The first-order valence-electron chi connectivity index (χ1n) is 13.5. The molecular formula is C30H38N4O3. The number of nitrogens with zero attached hydrogens (tertiary/aromatic N) is 4. The lowest BCUT2D eigenvalue weighted by Crippen LogP contribution is -2.57. The van der Waals surface area contributed by atoms with Crippen LogP contribution in [0.5, 0.6) is 0 Å². The van der Waals surface area contributed by atoms with E-state index < -0.39 is 5.54 Å². The van der Waals surface area contributed by atoms with Crippen molar-refractivity contribution >= 4 is 23.4 Å². The van der Waals surface area contributed by atoms with Gasteiger partial charge in [-0.05, 0) is 60.9 Å². The number of para-hydroxylation sites is 1. The molecule has 0 saturated carbocycles. The molecule has 2 aromatic carbocycles. The Morgan fingerprint density at radius 3 is 2.05 bits per heavy atom. The third-order valence-corrected chi connectivity index (χ3v) is 8.24. The second-order valence-electron chi connectivity index (χ2n) is 11.6. The first-order chi connectivity index (χ1) is 17.7. The van der Waals surface area contributed by atoms with E-state index in [-0.39, 0.29) is 29.7 Å². The van der Waals surface area contributed by atoms with Gasteiger partial charge in [0.05, 0.1) is 6.67 Å². The Balaban J connectivity index is 1.33. The number of amides is 3. The molecule has 3 fully saturated rings. The summed E-state index contributed by atoms with van der Waals surface area (Å²) in [7, 11) is 0. The quantitative estimate of drug-likeness (QED) is 0.637. The average molecular weight is 503 g/mol. The molecule has 7 heteroatoms. The highest BCUT2D eigenvalue weighted by molar-refractivity contribution is 5.97. The van der Waals surface area contributed by atoms with Crippen molar-refractivity contribution in [2.24, 2.45) is 0 Å². The highest BCUT2D eigenvalue weighted by Gasteiger charge is 2.54. The van der Waals surface area contributed by atoms with E-state index >= 15 is 0 Å². The van der Waals surface area contributed by atoms with Gasteiger partial charge in [0, 0.05) is 37.4 Å². The van der Waals surface area contributed by atoms with Crippen LogP contribution in [0.25, 0.3) is 0 Å². The number of anilines is 1. The third-order valence-electron chi connectivity index (χ3n) is 8.24. The molecule has 0 aliphatic carbocycles. The molecule has 37 heavy (non-hydrogen) atoms. The van der Waals surface area contributed by atoms with Gasteiger partial charge in [-0.15, -0.1) is 0 Å². The van der Waals surface area contributed by atoms with Crippen LogP contribution in [0.4, 0.5) is 5.69 Å². The van der Waals surface area contributed by atoms with Crippen LogP contribution in [0.3, 0.4) is 0 Å². The van der Waals surface area contributed by atoms with Crippen molar-refractivity contribution in [3.05, 3.63) is 65.7 Å². The normalized spacial score (nSPS) is 19.7. The lowest BCUT2D eigenvalue weighted by atomic mass is 9.84. The van der Waals surface area contributed by atoms with E-state index in [1.165, 1.54) is 5.56 Å². The highest BCUT2D eigenvalue weighted by atomic mass is 16.2. The van der Waals surface area contributed by atoms with Crippen molar-refractivity contribution in [1.82, 2.24) is 14.7 Å². The minimum Gasteiger partial charge on any atom is -0.341 e. The number of benzene rings is 2. The molecule has 7 nitrogen and oxygen atoms in total. The number of piperidine rings is 1. The van der Waals surface area contributed by atoms with E-state index in [0.717, 1.165) is 31.6 Å². The van der Waals surface area contributed by atoms with Crippen LogP contribution in [0.1, 0.15) is 62.4 Å². The summed E-state index contributed by atoms with van der Waals surface area (Å²) in [6, 6.07) is 17.9. The van der Waals surface area contributed by atoms with E-state index in [4.69, 9.17) is 0 Å². The van der Waals surface area contributed by atoms with E-state index in [0.29, 0.717) is 38.2 Å². The molecule has 5 rings (SSSR count). The Kier molecular flexibility index (Phi) is 6.73. The number of hydrogen-bond acceptors (Lipinski definition) is 4. The van der Waals surface area contributed by atoms with Crippen LogP contribution in [-0.4, -0.2) is 77.4 Å². The van der Waals surface area contributed by atoms with Crippen LogP contribution in [0.2, 0.25) is 0 Å². The number of likely N-dealkylation sites (tertiary alicyclic amines) is 2. The predicted octanol–water partition coefficient (Wildman–Crippen LogP) is 3.89. The van der Waals surface area contributed by atoms with Gasteiger partial charge in [0.1, 0.15) is 12.1 Å². The van der Waals surface area contributed by atoms with E-state index in [1.807, 2.05) is 64.4 Å². The Labute approximate surface area is 220 Å². The van der Waals surface area contributed by atoms with Crippen LogP contribution in [-0.2, 0) is 15.0 Å². The lowest BCUT2D eigenvalue weighted by molar-refractivity contribution is -0.140. The number of hydrogen-bond donors (Lipinski definition) is 0. The van der Waals surface area contributed by atoms with Gasteiger partial charge in [0.2, 0.25) is 5.91 Å². The van der Waals surface area contributed by atoms with Gasteiger partial charge in [-0.2, -0.15) is 0 Å². The zero-order valence-electron chi connectivity index (χ0n) is 22.3. The summed E-state index contributed by atoms with van der Waals surface area (Å²) in [5, 5.41) is 0. The summed E-state index contributed by atoms with van der Waals surface area (Å²) in [5.41, 5.74) is 2.15. The van der Waals surface area contributed by atoms with Crippen molar-refractivity contribution in [1.29, 1.82) is 0 Å². The molecule has 0 N–H and O–H groups in total. The number of carbonyl (C=O) groups is 3. The molecule has 3 aliphatic heterocycles. The third kappa shape index (κ3) is 4.83. The molecule has 3 amide bonds. The maximum atomic E-state index is 13.9. The standard InChI is InChI=1S/C30H38N4O3/c1-29(2,3)24-13-11-23(12-14-24)27(36)32-19-15-30(16-20-32)28(37)33(21-26(35)31-17-7-8-18-31)22-34(30)25-9-5-4-6-10-25/h4-6,9-14H,7-8,15-22H2,1-3H3. The molecule has 196 valence electrons. The van der Waals surface area contributed by atoms with Crippen LogP contribution in [0.15, 0.2) is 54.6 Å². The molecule has 0 unspecified atom stereocenters. The maximum absolute atomic E-state index is 13.9. The molecule has 3 aliphatic rings. The minimum absolute atomic E-state index is 0.00512. The van der Waals surface area contributed by atoms with Gasteiger partial charge < -0.3 is 19.6 Å². The molecule has 0 aromatic heterocycles. The Hall–Kier alpha value is -3.35. The molecule has 0 radical (unpaired) electrons. The van der Waals surface area contributed by atoms with Gasteiger partial charge >= 0.3 is 0 Å². The minimum atomic E-state index is -0.737. The monoisotopic (exact) mass is 502 g/mol. The van der Waals surface area contributed by atoms with E-state index in [9.17, 15) is 14.4 Å². The Bertz CT molecular complexity index is 1140. The smallest absolute Gasteiger partial charge is 0.253 e. The number of carbonyl (C=O) groups excluding carboxylic acids is 3. The van der Waals surface area contributed by atoms with Gasteiger partial charge in [-0.1, -0.05) is 51.1 Å². The summed E-state index contributed by atoms with van der Waals surface area (Å²) in [5.74, 6) is 0.0424. The van der Waals surface area contributed by atoms with Crippen LogP contribution < -0.4 is 4.90 Å².